The van der Waals surface area contributed by atoms with Crippen molar-refractivity contribution < 1.29 is 14.3 Å². The number of esters is 1. The van der Waals surface area contributed by atoms with Crippen LogP contribution < -0.4 is 4.74 Å². The lowest BCUT2D eigenvalue weighted by atomic mass is 9.95. The maximum Gasteiger partial charge on any atom is 0.311 e. The number of hydrogen-bond donors (Lipinski definition) is 0. The Morgan fingerprint density at radius 3 is 2.86 bits per heavy atom. The van der Waals surface area contributed by atoms with Crippen LogP contribution in [0.15, 0.2) is 16.6 Å². The first kappa shape index (κ1) is 14.9. The van der Waals surface area contributed by atoms with Crippen LogP contribution >= 0.6 is 15.9 Å². The van der Waals surface area contributed by atoms with E-state index in [-0.39, 0.29) is 11.9 Å². The van der Waals surface area contributed by atoms with E-state index in [0.29, 0.717) is 12.6 Å². The van der Waals surface area contributed by atoms with E-state index in [4.69, 9.17) is 9.47 Å². The highest BCUT2D eigenvalue weighted by Gasteiger charge is 2.41. The molecular weight excluding hydrogens is 334 g/mol. The van der Waals surface area contributed by atoms with E-state index in [1.165, 1.54) is 11.1 Å². The van der Waals surface area contributed by atoms with Crippen molar-refractivity contribution in [1.82, 2.24) is 4.90 Å². The summed E-state index contributed by atoms with van der Waals surface area (Å²) in [6.07, 6.45) is 2.16. The second kappa shape index (κ2) is 5.97. The number of methoxy groups -OCH3 is 1. The summed E-state index contributed by atoms with van der Waals surface area (Å²) in [5, 5.41) is 0. The Morgan fingerprint density at radius 2 is 2.19 bits per heavy atom. The van der Waals surface area contributed by atoms with Gasteiger partial charge in [0.1, 0.15) is 5.75 Å². The molecule has 1 unspecified atom stereocenters. The van der Waals surface area contributed by atoms with E-state index < -0.39 is 0 Å². The number of halogens is 1. The van der Waals surface area contributed by atoms with Crippen LogP contribution in [0.3, 0.4) is 0 Å². The number of aryl methyl sites for hydroxylation is 1. The number of likely N-dealkylation sites (tertiary alicyclic amines) is 1. The van der Waals surface area contributed by atoms with Crippen LogP contribution in [0.4, 0.5) is 0 Å². The predicted octanol–water partition coefficient (Wildman–Crippen LogP) is 2.94. The summed E-state index contributed by atoms with van der Waals surface area (Å²) >= 11 is 3.54. The summed E-state index contributed by atoms with van der Waals surface area (Å²) in [6.45, 7) is 3.90. The van der Waals surface area contributed by atoms with E-state index in [2.05, 4.69) is 26.9 Å². The quantitative estimate of drug-likeness (QED) is 0.780. The number of benzene rings is 1. The monoisotopic (exact) mass is 353 g/mol. The van der Waals surface area contributed by atoms with Crippen molar-refractivity contribution in [3.05, 3.63) is 27.7 Å². The van der Waals surface area contributed by atoms with Gasteiger partial charge in [-0.25, -0.2) is 0 Å². The Labute approximate surface area is 133 Å². The standard InChI is InChI=1S/C16H20BrNO3/c1-3-21-16(19)11-8-18(9-11)13-5-4-10-6-12(17)7-14(20-2)15(10)13/h6-7,11,13H,3-5,8-9H2,1-2H3. The highest BCUT2D eigenvalue weighted by Crippen LogP contribution is 2.45. The van der Waals surface area contributed by atoms with Crippen LogP contribution in [0.5, 0.6) is 5.75 Å². The molecule has 1 aromatic carbocycles. The molecule has 1 saturated heterocycles. The summed E-state index contributed by atoms with van der Waals surface area (Å²) in [7, 11) is 1.72. The minimum absolute atomic E-state index is 0.0374. The average Bonchev–Trinajstić information content (AvgIpc) is 2.80. The third-order valence-electron chi connectivity index (χ3n) is 4.40. The number of hydrogen-bond acceptors (Lipinski definition) is 4. The summed E-state index contributed by atoms with van der Waals surface area (Å²) in [5.74, 6) is 0.923. The zero-order valence-electron chi connectivity index (χ0n) is 12.4. The Kier molecular flexibility index (Phi) is 4.22. The molecule has 0 amide bonds. The molecule has 1 aromatic rings. The first-order chi connectivity index (χ1) is 10.1. The van der Waals surface area contributed by atoms with Crippen LogP contribution in [-0.2, 0) is 16.0 Å². The van der Waals surface area contributed by atoms with E-state index in [1.807, 2.05) is 13.0 Å². The van der Waals surface area contributed by atoms with Gasteiger partial charge in [0, 0.05) is 29.2 Å². The van der Waals surface area contributed by atoms with E-state index >= 15 is 0 Å². The van der Waals surface area contributed by atoms with Gasteiger partial charge in [-0.05, 0) is 37.5 Å². The third-order valence-corrected chi connectivity index (χ3v) is 4.86. The molecule has 0 N–H and O–H groups in total. The lowest BCUT2D eigenvalue weighted by molar-refractivity contribution is -0.155. The molecule has 5 heteroatoms. The highest BCUT2D eigenvalue weighted by molar-refractivity contribution is 9.10. The van der Waals surface area contributed by atoms with Crippen LogP contribution in [0.25, 0.3) is 0 Å². The topological polar surface area (TPSA) is 38.8 Å². The van der Waals surface area contributed by atoms with E-state index in [0.717, 1.165) is 36.2 Å². The molecule has 0 spiro atoms. The third kappa shape index (κ3) is 2.69. The van der Waals surface area contributed by atoms with Gasteiger partial charge in [0.15, 0.2) is 0 Å². The number of carbonyl (C=O) groups is 1. The van der Waals surface area contributed by atoms with Gasteiger partial charge < -0.3 is 9.47 Å². The summed E-state index contributed by atoms with van der Waals surface area (Å²) in [4.78, 5) is 14.1. The number of rotatable bonds is 4. The summed E-state index contributed by atoms with van der Waals surface area (Å²) < 4.78 is 11.7. The number of ether oxygens (including phenoxy) is 2. The summed E-state index contributed by atoms with van der Waals surface area (Å²) in [6, 6.07) is 4.58. The zero-order valence-corrected chi connectivity index (χ0v) is 14.0. The van der Waals surface area contributed by atoms with Gasteiger partial charge in [0.2, 0.25) is 0 Å². The normalized spacial score (nSPS) is 21.8. The second-order valence-electron chi connectivity index (χ2n) is 5.64. The van der Waals surface area contributed by atoms with Gasteiger partial charge in [0.25, 0.3) is 0 Å². The predicted molar refractivity (Wildman–Crippen MR) is 83.5 cm³/mol. The first-order valence-electron chi connectivity index (χ1n) is 7.41. The molecule has 3 rings (SSSR count). The Morgan fingerprint density at radius 1 is 1.43 bits per heavy atom. The molecule has 1 heterocycles. The minimum atomic E-state index is -0.0604. The van der Waals surface area contributed by atoms with Gasteiger partial charge in [-0.2, -0.15) is 0 Å². The molecule has 4 nitrogen and oxygen atoms in total. The molecule has 0 bridgehead atoms. The zero-order chi connectivity index (χ0) is 15.0. The van der Waals surface area contributed by atoms with Gasteiger partial charge in [-0.1, -0.05) is 15.9 Å². The smallest absolute Gasteiger partial charge is 0.311 e. The lowest BCUT2D eigenvalue weighted by Crippen LogP contribution is -2.51. The van der Waals surface area contributed by atoms with Crippen molar-refractivity contribution in [3.63, 3.8) is 0 Å². The highest BCUT2D eigenvalue weighted by atomic mass is 79.9. The average molecular weight is 354 g/mol. The van der Waals surface area contributed by atoms with E-state index in [1.54, 1.807) is 7.11 Å². The molecule has 2 aliphatic rings. The van der Waals surface area contributed by atoms with Crippen molar-refractivity contribution in [2.45, 2.75) is 25.8 Å². The Balaban J connectivity index is 1.73. The fourth-order valence-electron chi connectivity index (χ4n) is 3.38. The SMILES string of the molecule is CCOC(=O)C1CN(C2CCc3cc(Br)cc(OC)c32)C1. The fraction of sp³-hybridized carbons (Fsp3) is 0.562. The van der Waals surface area contributed by atoms with Crippen LogP contribution in [0, 0.1) is 5.92 Å². The number of nitrogens with zero attached hydrogens (tertiary/aromatic N) is 1. The van der Waals surface area contributed by atoms with Gasteiger partial charge in [-0.3, -0.25) is 9.69 Å². The molecule has 114 valence electrons. The molecule has 1 atom stereocenters. The van der Waals surface area contributed by atoms with Crippen LogP contribution in [0.1, 0.15) is 30.5 Å². The molecular formula is C16H20BrNO3. The Bertz CT molecular complexity index is 555. The minimum Gasteiger partial charge on any atom is -0.496 e. The number of fused-ring (bicyclic) bond motifs is 1. The molecule has 1 fully saturated rings. The maximum absolute atomic E-state index is 11.7. The molecule has 0 aromatic heterocycles. The number of carbonyl (C=O) groups excluding carboxylic acids is 1. The molecule has 1 aliphatic carbocycles. The largest absolute Gasteiger partial charge is 0.496 e. The lowest BCUT2D eigenvalue weighted by Gasteiger charge is -2.42. The summed E-state index contributed by atoms with van der Waals surface area (Å²) in [5.41, 5.74) is 2.65. The van der Waals surface area contributed by atoms with Crippen molar-refractivity contribution in [1.29, 1.82) is 0 Å². The second-order valence-corrected chi connectivity index (χ2v) is 6.55. The van der Waals surface area contributed by atoms with Crippen molar-refractivity contribution in [2.24, 2.45) is 5.92 Å². The van der Waals surface area contributed by atoms with E-state index in [9.17, 15) is 4.79 Å². The molecule has 0 saturated carbocycles. The fourth-order valence-corrected chi connectivity index (χ4v) is 3.86. The first-order valence-corrected chi connectivity index (χ1v) is 8.20. The molecule has 1 aliphatic heterocycles. The van der Waals surface area contributed by atoms with Crippen molar-refractivity contribution in [2.75, 3.05) is 26.8 Å². The van der Waals surface area contributed by atoms with Crippen molar-refractivity contribution in [3.8, 4) is 5.75 Å². The maximum atomic E-state index is 11.7. The van der Waals surface area contributed by atoms with Gasteiger partial charge in [0.05, 0.1) is 19.6 Å². The Hall–Kier alpha value is -1.07. The van der Waals surface area contributed by atoms with Gasteiger partial charge >= 0.3 is 5.97 Å². The molecule has 0 radical (unpaired) electrons. The van der Waals surface area contributed by atoms with Gasteiger partial charge in [-0.15, -0.1) is 0 Å². The van der Waals surface area contributed by atoms with Crippen LogP contribution in [-0.4, -0.2) is 37.7 Å². The van der Waals surface area contributed by atoms with Crippen molar-refractivity contribution >= 4 is 21.9 Å². The van der Waals surface area contributed by atoms with Crippen LogP contribution in [0.2, 0.25) is 0 Å². The molecule has 21 heavy (non-hydrogen) atoms.